The Morgan fingerprint density at radius 1 is 1.05 bits per heavy atom. The summed E-state index contributed by atoms with van der Waals surface area (Å²) in [6.07, 6.45) is -1.01. The third kappa shape index (κ3) is 5.91. The number of aryl methyl sites for hydroxylation is 2. The lowest BCUT2D eigenvalue weighted by Gasteiger charge is -2.36. The van der Waals surface area contributed by atoms with Crippen molar-refractivity contribution in [3.8, 4) is 11.5 Å². The second kappa shape index (κ2) is 10.5. The highest BCUT2D eigenvalue weighted by molar-refractivity contribution is 7.92. The average Bonchev–Trinajstić information content (AvgIpc) is 2.86. The molecule has 8 heteroatoms. The number of nitrogens with one attached hydrogen (secondary N) is 1. The highest BCUT2D eigenvalue weighted by Crippen LogP contribution is 2.40. The number of carbonyl (C=O) groups excluding carboxylic acids is 1. The summed E-state index contributed by atoms with van der Waals surface area (Å²) in [5, 5.41) is 2.82. The first kappa shape index (κ1) is 26.5. The number of fused-ring (bicyclic) bond motifs is 1. The zero-order chi connectivity index (χ0) is 26.8. The number of anilines is 1. The molecule has 0 saturated carbocycles. The average molecular weight is 523 g/mol. The van der Waals surface area contributed by atoms with Crippen LogP contribution in [-0.4, -0.2) is 40.1 Å². The van der Waals surface area contributed by atoms with Crippen LogP contribution in [0.1, 0.15) is 37.5 Å². The first-order valence-electron chi connectivity index (χ1n) is 12.3. The molecule has 0 unspecified atom stereocenters. The second-order valence-electron chi connectivity index (χ2n) is 10.3. The number of amides is 1. The van der Waals surface area contributed by atoms with E-state index in [2.05, 4.69) is 26.1 Å². The van der Waals surface area contributed by atoms with E-state index in [0.29, 0.717) is 11.4 Å². The second-order valence-corrected chi connectivity index (χ2v) is 12.2. The summed E-state index contributed by atoms with van der Waals surface area (Å²) in [7, 11) is -3.93. The number of ether oxygens (including phenoxy) is 2. The molecule has 1 N–H and O–H groups in total. The predicted molar refractivity (Wildman–Crippen MR) is 145 cm³/mol. The molecule has 7 nitrogen and oxygen atoms in total. The van der Waals surface area contributed by atoms with E-state index in [4.69, 9.17) is 9.47 Å². The van der Waals surface area contributed by atoms with Crippen molar-refractivity contribution in [2.24, 2.45) is 0 Å². The van der Waals surface area contributed by atoms with Crippen molar-refractivity contribution in [1.29, 1.82) is 0 Å². The van der Waals surface area contributed by atoms with Gasteiger partial charge in [-0.2, -0.15) is 0 Å². The van der Waals surface area contributed by atoms with Crippen molar-refractivity contribution in [1.82, 2.24) is 5.32 Å². The molecule has 196 valence electrons. The van der Waals surface area contributed by atoms with E-state index in [-0.39, 0.29) is 30.0 Å². The van der Waals surface area contributed by atoms with Crippen molar-refractivity contribution in [2.45, 2.75) is 51.0 Å². The van der Waals surface area contributed by atoms with Crippen LogP contribution in [0.25, 0.3) is 0 Å². The lowest BCUT2D eigenvalue weighted by atomic mass is 9.86. The summed E-state index contributed by atoms with van der Waals surface area (Å²) >= 11 is 0. The Bertz CT molecular complexity index is 1380. The van der Waals surface area contributed by atoms with E-state index >= 15 is 0 Å². The van der Waals surface area contributed by atoms with E-state index in [1.165, 1.54) is 4.31 Å². The van der Waals surface area contributed by atoms with Gasteiger partial charge in [0.2, 0.25) is 0 Å². The predicted octanol–water partition coefficient (Wildman–Crippen LogP) is 4.75. The monoisotopic (exact) mass is 522 g/mol. The molecule has 0 bridgehead atoms. The first-order chi connectivity index (χ1) is 17.5. The van der Waals surface area contributed by atoms with Gasteiger partial charge in [-0.1, -0.05) is 62.7 Å². The molecule has 0 aromatic heterocycles. The molecular weight excluding hydrogens is 488 g/mol. The summed E-state index contributed by atoms with van der Waals surface area (Å²) in [6, 6.07) is 19.6. The Morgan fingerprint density at radius 3 is 2.46 bits per heavy atom. The van der Waals surface area contributed by atoms with Crippen LogP contribution in [0, 0.1) is 13.8 Å². The number of hydrogen-bond donors (Lipinski definition) is 1. The summed E-state index contributed by atoms with van der Waals surface area (Å²) in [5.74, 6) is 0.714. The molecule has 3 aromatic rings. The van der Waals surface area contributed by atoms with E-state index in [9.17, 15) is 13.2 Å². The smallest absolute Gasteiger partial charge is 0.264 e. The van der Waals surface area contributed by atoms with Crippen LogP contribution >= 0.6 is 0 Å². The Hall–Kier alpha value is -3.52. The zero-order valence-electron chi connectivity index (χ0n) is 21.9. The van der Waals surface area contributed by atoms with Crippen molar-refractivity contribution in [3.63, 3.8) is 0 Å². The SMILES string of the molecule is Cc1ccc(OCCNC(=O)[C@H]2CN(S(=O)(=O)c3ccccc3)c3cc(C(C)(C)C)ccc3O2)c(C)c1. The topological polar surface area (TPSA) is 84.9 Å². The summed E-state index contributed by atoms with van der Waals surface area (Å²) < 4.78 is 40.4. The summed E-state index contributed by atoms with van der Waals surface area (Å²) in [6.45, 7) is 10.6. The van der Waals surface area contributed by atoms with Crippen LogP contribution < -0.4 is 19.1 Å². The maximum atomic E-state index is 13.7. The first-order valence-corrected chi connectivity index (χ1v) is 13.8. The van der Waals surface area contributed by atoms with Gasteiger partial charge in [0.1, 0.15) is 18.1 Å². The summed E-state index contributed by atoms with van der Waals surface area (Å²) in [4.78, 5) is 13.2. The fraction of sp³-hybridized carbons (Fsp3) is 0.345. The van der Waals surface area contributed by atoms with E-state index in [1.54, 1.807) is 36.4 Å². The summed E-state index contributed by atoms with van der Waals surface area (Å²) in [5.41, 5.74) is 3.38. The molecule has 3 aromatic carbocycles. The Kier molecular flexibility index (Phi) is 7.50. The lowest BCUT2D eigenvalue weighted by Crippen LogP contribution is -2.51. The van der Waals surface area contributed by atoms with Crippen LogP contribution in [0.4, 0.5) is 5.69 Å². The molecule has 4 rings (SSSR count). The molecule has 37 heavy (non-hydrogen) atoms. The number of carbonyl (C=O) groups is 1. The lowest BCUT2D eigenvalue weighted by molar-refractivity contribution is -0.127. The minimum absolute atomic E-state index is 0.137. The number of hydrogen-bond acceptors (Lipinski definition) is 5. The van der Waals surface area contributed by atoms with Gasteiger partial charge in [0.15, 0.2) is 6.10 Å². The van der Waals surface area contributed by atoms with Crippen LogP contribution in [0.2, 0.25) is 0 Å². The maximum absolute atomic E-state index is 13.7. The number of nitrogens with zero attached hydrogens (tertiary/aromatic N) is 1. The molecule has 0 saturated heterocycles. The normalized spacial score (nSPS) is 15.5. The van der Waals surface area contributed by atoms with Crippen molar-refractivity contribution in [3.05, 3.63) is 83.4 Å². The zero-order valence-corrected chi connectivity index (χ0v) is 22.8. The number of rotatable bonds is 7. The molecule has 0 spiro atoms. The Labute approximate surface area is 219 Å². The Morgan fingerprint density at radius 2 is 1.78 bits per heavy atom. The maximum Gasteiger partial charge on any atom is 0.264 e. The molecule has 0 radical (unpaired) electrons. The van der Waals surface area contributed by atoms with Gasteiger partial charge < -0.3 is 14.8 Å². The van der Waals surface area contributed by atoms with Gasteiger partial charge in [0, 0.05) is 0 Å². The number of benzene rings is 3. The van der Waals surface area contributed by atoms with E-state index < -0.39 is 22.0 Å². The minimum Gasteiger partial charge on any atom is -0.491 e. The highest BCUT2D eigenvalue weighted by atomic mass is 32.2. The third-order valence-corrected chi connectivity index (χ3v) is 8.10. The van der Waals surface area contributed by atoms with Gasteiger partial charge in [-0.05, 0) is 60.7 Å². The molecule has 1 atom stereocenters. The van der Waals surface area contributed by atoms with Crippen LogP contribution in [0.3, 0.4) is 0 Å². The van der Waals surface area contributed by atoms with Gasteiger partial charge in [-0.3, -0.25) is 9.10 Å². The number of sulfonamides is 1. The Balaban J connectivity index is 1.53. The molecule has 0 fully saturated rings. The van der Waals surface area contributed by atoms with E-state index in [1.807, 2.05) is 44.2 Å². The molecule has 1 aliphatic heterocycles. The molecular formula is C29H34N2O5S. The van der Waals surface area contributed by atoms with Crippen molar-refractivity contribution in [2.75, 3.05) is 24.0 Å². The van der Waals surface area contributed by atoms with Crippen molar-refractivity contribution >= 4 is 21.6 Å². The van der Waals surface area contributed by atoms with Gasteiger partial charge in [0.25, 0.3) is 15.9 Å². The third-order valence-electron chi connectivity index (χ3n) is 6.31. The largest absolute Gasteiger partial charge is 0.491 e. The van der Waals surface area contributed by atoms with Gasteiger partial charge in [0.05, 0.1) is 23.7 Å². The van der Waals surface area contributed by atoms with Gasteiger partial charge in [-0.25, -0.2) is 8.42 Å². The molecule has 1 heterocycles. The van der Waals surface area contributed by atoms with Crippen LogP contribution in [0.15, 0.2) is 71.6 Å². The fourth-order valence-electron chi connectivity index (χ4n) is 4.21. The van der Waals surface area contributed by atoms with Gasteiger partial charge >= 0.3 is 0 Å². The van der Waals surface area contributed by atoms with E-state index in [0.717, 1.165) is 22.4 Å². The molecule has 1 aliphatic rings. The van der Waals surface area contributed by atoms with Crippen molar-refractivity contribution < 1.29 is 22.7 Å². The minimum atomic E-state index is -3.93. The quantitative estimate of drug-likeness (QED) is 0.453. The molecule has 1 amide bonds. The fourth-order valence-corrected chi connectivity index (χ4v) is 5.70. The van der Waals surface area contributed by atoms with Crippen LogP contribution in [-0.2, 0) is 20.2 Å². The highest BCUT2D eigenvalue weighted by Gasteiger charge is 2.38. The molecule has 0 aliphatic carbocycles. The standard InChI is InChI=1S/C29H34N2O5S/c1-20-11-13-25(21(2)17-20)35-16-15-30-28(32)27-19-31(37(33,34)23-9-7-6-8-10-23)24-18-22(29(3,4)5)12-14-26(24)36-27/h6-14,17-18,27H,15-16,19H2,1-5H3,(H,30,32)/t27-/m1/s1. The van der Waals surface area contributed by atoms with Gasteiger partial charge in [-0.15, -0.1) is 0 Å². The van der Waals surface area contributed by atoms with Crippen LogP contribution in [0.5, 0.6) is 11.5 Å².